The first-order valence-electron chi connectivity index (χ1n) is 5.48. The highest BCUT2D eigenvalue weighted by atomic mass is 15.4. The lowest BCUT2D eigenvalue weighted by molar-refractivity contribution is 0.315. The molecule has 2 heterocycles. The SMILES string of the molecule is CCc1cnnn1CC1CCNCC1. The average Bonchev–Trinajstić information content (AvgIpc) is 2.67. The van der Waals surface area contributed by atoms with E-state index in [2.05, 4.69) is 27.2 Å². The summed E-state index contributed by atoms with van der Waals surface area (Å²) in [5.41, 5.74) is 1.25. The van der Waals surface area contributed by atoms with Gasteiger partial charge in [0, 0.05) is 6.54 Å². The summed E-state index contributed by atoms with van der Waals surface area (Å²) in [7, 11) is 0. The van der Waals surface area contributed by atoms with Gasteiger partial charge in [-0.25, -0.2) is 4.68 Å². The second kappa shape index (κ2) is 4.55. The third kappa shape index (κ3) is 2.12. The van der Waals surface area contributed by atoms with Crippen LogP contribution in [0.4, 0.5) is 0 Å². The van der Waals surface area contributed by atoms with Crippen LogP contribution in [0.15, 0.2) is 6.20 Å². The van der Waals surface area contributed by atoms with Crippen LogP contribution < -0.4 is 5.32 Å². The quantitative estimate of drug-likeness (QED) is 0.775. The van der Waals surface area contributed by atoms with Crippen LogP contribution in [-0.4, -0.2) is 28.1 Å². The zero-order valence-electron chi connectivity index (χ0n) is 8.74. The Labute approximate surface area is 84.7 Å². The van der Waals surface area contributed by atoms with Crippen molar-refractivity contribution in [2.45, 2.75) is 32.7 Å². The fourth-order valence-corrected chi connectivity index (χ4v) is 2.02. The number of nitrogens with zero attached hydrogens (tertiary/aromatic N) is 3. The van der Waals surface area contributed by atoms with E-state index in [0.29, 0.717) is 0 Å². The summed E-state index contributed by atoms with van der Waals surface area (Å²) in [4.78, 5) is 0. The van der Waals surface area contributed by atoms with Crippen molar-refractivity contribution in [2.75, 3.05) is 13.1 Å². The van der Waals surface area contributed by atoms with Crippen molar-refractivity contribution in [1.82, 2.24) is 20.3 Å². The van der Waals surface area contributed by atoms with Gasteiger partial charge in [0.15, 0.2) is 0 Å². The third-order valence-corrected chi connectivity index (χ3v) is 2.95. The van der Waals surface area contributed by atoms with Crippen LogP contribution in [-0.2, 0) is 13.0 Å². The summed E-state index contributed by atoms with van der Waals surface area (Å²) in [6.45, 7) is 5.50. The highest BCUT2D eigenvalue weighted by Crippen LogP contribution is 2.14. The molecule has 1 saturated heterocycles. The van der Waals surface area contributed by atoms with Crippen molar-refractivity contribution in [3.8, 4) is 0 Å². The zero-order chi connectivity index (χ0) is 9.80. The van der Waals surface area contributed by atoms with Crippen molar-refractivity contribution in [1.29, 1.82) is 0 Å². The molecule has 78 valence electrons. The normalized spacial score (nSPS) is 18.6. The summed E-state index contributed by atoms with van der Waals surface area (Å²) in [6, 6.07) is 0. The van der Waals surface area contributed by atoms with Gasteiger partial charge in [0.1, 0.15) is 0 Å². The van der Waals surface area contributed by atoms with E-state index < -0.39 is 0 Å². The van der Waals surface area contributed by atoms with Crippen LogP contribution in [0.1, 0.15) is 25.5 Å². The van der Waals surface area contributed by atoms with E-state index >= 15 is 0 Å². The topological polar surface area (TPSA) is 42.7 Å². The molecule has 1 aromatic heterocycles. The predicted molar refractivity (Wildman–Crippen MR) is 55.0 cm³/mol. The first-order valence-corrected chi connectivity index (χ1v) is 5.48. The van der Waals surface area contributed by atoms with Crippen LogP contribution in [0, 0.1) is 5.92 Å². The lowest BCUT2D eigenvalue weighted by atomic mass is 9.98. The van der Waals surface area contributed by atoms with Crippen molar-refractivity contribution < 1.29 is 0 Å². The largest absolute Gasteiger partial charge is 0.317 e. The molecule has 0 bridgehead atoms. The second-order valence-electron chi connectivity index (χ2n) is 3.95. The van der Waals surface area contributed by atoms with Crippen molar-refractivity contribution in [3.05, 3.63) is 11.9 Å². The highest BCUT2D eigenvalue weighted by Gasteiger charge is 2.14. The van der Waals surface area contributed by atoms with E-state index in [4.69, 9.17) is 0 Å². The molecule has 1 fully saturated rings. The minimum absolute atomic E-state index is 0.781. The molecule has 1 aliphatic heterocycles. The maximum absolute atomic E-state index is 4.13. The van der Waals surface area contributed by atoms with Gasteiger partial charge in [-0.1, -0.05) is 12.1 Å². The van der Waals surface area contributed by atoms with Crippen molar-refractivity contribution in [2.24, 2.45) is 5.92 Å². The van der Waals surface area contributed by atoms with Crippen LogP contribution in [0.3, 0.4) is 0 Å². The molecule has 14 heavy (non-hydrogen) atoms. The van der Waals surface area contributed by atoms with E-state index in [1.165, 1.54) is 18.5 Å². The van der Waals surface area contributed by atoms with Crippen LogP contribution in [0.25, 0.3) is 0 Å². The number of piperidine rings is 1. The standard InChI is InChI=1S/C10H18N4/c1-2-10-7-12-13-14(10)8-9-3-5-11-6-4-9/h7,9,11H,2-6,8H2,1H3. The molecule has 2 rings (SSSR count). The van der Waals surface area contributed by atoms with Gasteiger partial charge < -0.3 is 5.32 Å². The van der Waals surface area contributed by atoms with Gasteiger partial charge in [-0.15, -0.1) is 5.10 Å². The number of hydrogen-bond acceptors (Lipinski definition) is 3. The highest BCUT2D eigenvalue weighted by molar-refractivity contribution is 4.93. The van der Waals surface area contributed by atoms with E-state index in [-0.39, 0.29) is 0 Å². The molecule has 0 aliphatic carbocycles. The molecule has 0 amide bonds. The molecule has 1 N–H and O–H groups in total. The molecule has 1 aliphatic rings. The fourth-order valence-electron chi connectivity index (χ4n) is 2.02. The Hall–Kier alpha value is -0.900. The minimum Gasteiger partial charge on any atom is -0.317 e. The predicted octanol–water partition coefficient (Wildman–Crippen LogP) is 0.840. The Morgan fingerprint density at radius 1 is 1.50 bits per heavy atom. The number of rotatable bonds is 3. The number of aryl methyl sites for hydroxylation is 1. The van der Waals surface area contributed by atoms with Crippen LogP contribution in [0.5, 0.6) is 0 Å². The minimum atomic E-state index is 0.781. The lowest BCUT2D eigenvalue weighted by Gasteiger charge is -2.22. The smallest absolute Gasteiger partial charge is 0.0725 e. The summed E-state index contributed by atoms with van der Waals surface area (Å²) in [5, 5.41) is 11.5. The molecule has 0 radical (unpaired) electrons. The molecular formula is C10H18N4. The van der Waals surface area contributed by atoms with Gasteiger partial charge >= 0.3 is 0 Å². The molecule has 1 aromatic rings. The van der Waals surface area contributed by atoms with Crippen LogP contribution in [0.2, 0.25) is 0 Å². The Bertz CT molecular complexity index is 275. The molecule has 0 saturated carbocycles. The molecular weight excluding hydrogens is 176 g/mol. The van der Waals surface area contributed by atoms with E-state index in [1.807, 2.05) is 6.20 Å². The molecule has 0 spiro atoms. The van der Waals surface area contributed by atoms with Gasteiger partial charge in [0.05, 0.1) is 11.9 Å². The summed E-state index contributed by atoms with van der Waals surface area (Å²) < 4.78 is 2.07. The maximum atomic E-state index is 4.13. The van der Waals surface area contributed by atoms with Gasteiger partial charge in [-0.05, 0) is 38.3 Å². The fraction of sp³-hybridized carbons (Fsp3) is 0.800. The van der Waals surface area contributed by atoms with Gasteiger partial charge in [-0.3, -0.25) is 0 Å². The Morgan fingerprint density at radius 2 is 2.29 bits per heavy atom. The van der Waals surface area contributed by atoms with Crippen molar-refractivity contribution in [3.63, 3.8) is 0 Å². The summed E-state index contributed by atoms with van der Waals surface area (Å²) in [5.74, 6) is 0.781. The average molecular weight is 194 g/mol. The maximum Gasteiger partial charge on any atom is 0.0725 e. The first-order chi connectivity index (χ1) is 6.90. The lowest BCUT2D eigenvalue weighted by Crippen LogP contribution is -2.30. The Morgan fingerprint density at radius 3 is 3.00 bits per heavy atom. The third-order valence-electron chi connectivity index (χ3n) is 2.95. The van der Waals surface area contributed by atoms with Crippen molar-refractivity contribution >= 4 is 0 Å². The Balaban J connectivity index is 1.95. The molecule has 4 heteroatoms. The van der Waals surface area contributed by atoms with Crippen LogP contribution >= 0.6 is 0 Å². The van der Waals surface area contributed by atoms with Gasteiger partial charge in [-0.2, -0.15) is 0 Å². The number of hydrogen-bond donors (Lipinski definition) is 1. The van der Waals surface area contributed by atoms with Gasteiger partial charge in [0.25, 0.3) is 0 Å². The number of nitrogens with one attached hydrogen (secondary N) is 1. The van der Waals surface area contributed by atoms with E-state index in [1.54, 1.807) is 0 Å². The molecule has 0 atom stereocenters. The summed E-state index contributed by atoms with van der Waals surface area (Å²) in [6.07, 6.45) is 5.44. The first kappa shape index (κ1) is 9.65. The molecule has 4 nitrogen and oxygen atoms in total. The second-order valence-corrected chi connectivity index (χ2v) is 3.95. The zero-order valence-corrected chi connectivity index (χ0v) is 8.74. The van der Waals surface area contributed by atoms with E-state index in [0.717, 1.165) is 32.0 Å². The summed E-state index contributed by atoms with van der Waals surface area (Å²) >= 11 is 0. The molecule has 0 unspecified atom stereocenters. The number of aromatic nitrogens is 3. The monoisotopic (exact) mass is 194 g/mol. The Kier molecular flexibility index (Phi) is 3.14. The van der Waals surface area contributed by atoms with Gasteiger partial charge in [0.2, 0.25) is 0 Å². The molecule has 0 aromatic carbocycles. The van der Waals surface area contributed by atoms with E-state index in [9.17, 15) is 0 Å².